The number of benzene rings is 1. The molecule has 1 aromatic rings. The maximum atomic E-state index is 5.51. The van der Waals surface area contributed by atoms with Crippen molar-refractivity contribution in [1.82, 2.24) is 0 Å². The molecule has 1 heterocycles. The highest BCUT2D eigenvalue weighted by Gasteiger charge is 2.14. The lowest BCUT2D eigenvalue weighted by atomic mass is 10.2. The van der Waals surface area contributed by atoms with Gasteiger partial charge in [0.05, 0.1) is 5.69 Å². The zero-order chi connectivity index (χ0) is 11.4. The summed E-state index contributed by atoms with van der Waals surface area (Å²) in [4.78, 5) is 0. The highest BCUT2D eigenvalue weighted by atomic mass is 79.9. The quantitative estimate of drug-likeness (QED) is 0.831. The standard InChI is InChI=1S/C11H15BrN2O2/c12-8-6-10-11(16-5-4-15-10)7-9(8)14-3-1-2-13/h6-7,14H,1-5,13H2. The third kappa shape index (κ3) is 2.59. The lowest BCUT2D eigenvalue weighted by Crippen LogP contribution is -2.16. The topological polar surface area (TPSA) is 56.5 Å². The van der Waals surface area contributed by atoms with E-state index >= 15 is 0 Å². The summed E-state index contributed by atoms with van der Waals surface area (Å²) in [6.07, 6.45) is 0.945. The molecular formula is C11H15BrN2O2. The summed E-state index contributed by atoms with van der Waals surface area (Å²) in [7, 11) is 0. The average molecular weight is 287 g/mol. The van der Waals surface area contributed by atoms with Crippen molar-refractivity contribution < 1.29 is 9.47 Å². The van der Waals surface area contributed by atoms with Gasteiger partial charge in [0.15, 0.2) is 11.5 Å². The Bertz CT molecular complexity index is 371. The fourth-order valence-electron chi connectivity index (χ4n) is 1.52. The largest absolute Gasteiger partial charge is 0.486 e. The molecule has 0 fully saturated rings. The van der Waals surface area contributed by atoms with E-state index in [1.165, 1.54) is 0 Å². The van der Waals surface area contributed by atoms with Crippen LogP contribution >= 0.6 is 15.9 Å². The van der Waals surface area contributed by atoms with E-state index in [0.717, 1.165) is 34.6 Å². The van der Waals surface area contributed by atoms with E-state index < -0.39 is 0 Å². The molecule has 5 heteroatoms. The van der Waals surface area contributed by atoms with Crippen molar-refractivity contribution in [2.24, 2.45) is 5.73 Å². The Morgan fingerprint density at radius 3 is 2.62 bits per heavy atom. The molecule has 0 unspecified atom stereocenters. The lowest BCUT2D eigenvalue weighted by Gasteiger charge is -2.20. The third-order valence-corrected chi connectivity index (χ3v) is 2.98. The Morgan fingerprint density at radius 2 is 1.94 bits per heavy atom. The molecular weight excluding hydrogens is 272 g/mol. The van der Waals surface area contributed by atoms with Crippen LogP contribution in [-0.2, 0) is 0 Å². The van der Waals surface area contributed by atoms with Crippen LogP contribution in [0.4, 0.5) is 5.69 Å². The molecule has 0 atom stereocenters. The summed E-state index contributed by atoms with van der Waals surface area (Å²) in [5, 5.41) is 3.30. The van der Waals surface area contributed by atoms with Crippen molar-refractivity contribution in [3.05, 3.63) is 16.6 Å². The maximum Gasteiger partial charge on any atom is 0.163 e. The highest BCUT2D eigenvalue weighted by Crippen LogP contribution is 2.37. The Morgan fingerprint density at radius 1 is 1.25 bits per heavy atom. The number of nitrogens with two attached hydrogens (primary N) is 1. The summed E-state index contributed by atoms with van der Waals surface area (Å²) in [5.41, 5.74) is 6.46. The Hall–Kier alpha value is -0.940. The molecule has 88 valence electrons. The van der Waals surface area contributed by atoms with Gasteiger partial charge in [-0.05, 0) is 28.9 Å². The molecule has 2 rings (SSSR count). The van der Waals surface area contributed by atoms with Crippen LogP contribution < -0.4 is 20.5 Å². The van der Waals surface area contributed by atoms with Crippen molar-refractivity contribution in [1.29, 1.82) is 0 Å². The zero-order valence-electron chi connectivity index (χ0n) is 8.96. The number of rotatable bonds is 4. The zero-order valence-corrected chi connectivity index (χ0v) is 10.5. The van der Waals surface area contributed by atoms with E-state index in [2.05, 4.69) is 21.2 Å². The van der Waals surface area contributed by atoms with Crippen LogP contribution in [0, 0.1) is 0 Å². The lowest BCUT2D eigenvalue weighted by molar-refractivity contribution is 0.171. The van der Waals surface area contributed by atoms with Crippen LogP contribution in [0.3, 0.4) is 0 Å². The molecule has 4 nitrogen and oxygen atoms in total. The van der Waals surface area contributed by atoms with Gasteiger partial charge in [0, 0.05) is 23.2 Å². The number of halogens is 1. The Kier molecular flexibility index (Phi) is 3.90. The van der Waals surface area contributed by atoms with Gasteiger partial charge in [-0.3, -0.25) is 0 Å². The minimum atomic E-state index is 0.608. The molecule has 0 bridgehead atoms. The molecule has 0 aliphatic carbocycles. The van der Waals surface area contributed by atoms with Crippen LogP contribution in [0.5, 0.6) is 11.5 Å². The van der Waals surface area contributed by atoms with Crippen molar-refractivity contribution in [3.8, 4) is 11.5 Å². The average Bonchev–Trinajstić information content (AvgIpc) is 2.30. The first-order valence-electron chi connectivity index (χ1n) is 5.34. The normalized spacial score (nSPS) is 13.6. The SMILES string of the molecule is NCCCNc1cc2c(cc1Br)OCCO2. The minimum absolute atomic E-state index is 0.608. The number of nitrogens with one attached hydrogen (secondary N) is 1. The molecule has 1 aliphatic heterocycles. The molecule has 0 saturated heterocycles. The van der Waals surface area contributed by atoms with E-state index in [-0.39, 0.29) is 0 Å². The van der Waals surface area contributed by atoms with Crippen LogP contribution in [0.15, 0.2) is 16.6 Å². The smallest absolute Gasteiger partial charge is 0.163 e. The van der Waals surface area contributed by atoms with Gasteiger partial charge in [-0.25, -0.2) is 0 Å². The Balaban J connectivity index is 2.12. The van der Waals surface area contributed by atoms with Gasteiger partial charge in [0.1, 0.15) is 13.2 Å². The fourth-order valence-corrected chi connectivity index (χ4v) is 1.99. The first kappa shape index (κ1) is 11.5. The van der Waals surface area contributed by atoms with Gasteiger partial charge >= 0.3 is 0 Å². The third-order valence-electron chi connectivity index (χ3n) is 2.33. The van der Waals surface area contributed by atoms with E-state index in [4.69, 9.17) is 15.2 Å². The van der Waals surface area contributed by atoms with Gasteiger partial charge in [-0.2, -0.15) is 0 Å². The summed E-state index contributed by atoms with van der Waals surface area (Å²) < 4.78 is 12.0. The predicted molar refractivity (Wildman–Crippen MR) is 67.3 cm³/mol. The van der Waals surface area contributed by atoms with E-state index in [1.54, 1.807) is 0 Å². The van der Waals surface area contributed by atoms with Crippen LogP contribution in [0.1, 0.15) is 6.42 Å². The Labute approximate surface area is 103 Å². The summed E-state index contributed by atoms with van der Waals surface area (Å²) in [6, 6.07) is 3.88. The first-order chi connectivity index (χ1) is 7.81. The van der Waals surface area contributed by atoms with E-state index in [1.807, 2.05) is 12.1 Å². The van der Waals surface area contributed by atoms with Crippen LogP contribution in [-0.4, -0.2) is 26.3 Å². The number of fused-ring (bicyclic) bond motifs is 1. The van der Waals surface area contributed by atoms with Gasteiger partial charge < -0.3 is 20.5 Å². The molecule has 0 saturated carbocycles. The summed E-state index contributed by atoms with van der Waals surface area (Å²) >= 11 is 3.50. The molecule has 3 N–H and O–H groups in total. The second-order valence-electron chi connectivity index (χ2n) is 3.54. The van der Waals surface area contributed by atoms with Crippen LogP contribution in [0.25, 0.3) is 0 Å². The number of ether oxygens (including phenoxy) is 2. The molecule has 1 aromatic carbocycles. The molecule has 1 aliphatic rings. The van der Waals surface area contributed by atoms with E-state index in [9.17, 15) is 0 Å². The summed E-state index contributed by atoms with van der Waals surface area (Å²) in [6.45, 7) is 2.76. The molecule has 16 heavy (non-hydrogen) atoms. The molecule has 0 amide bonds. The minimum Gasteiger partial charge on any atom is -0.486 e. The van der Waals surface area contributed by atoms with Gasteiger partial charge in [-0.1, -0.05) is 0 Å². The van der Waals surface area contributed by atoms with Crippen molar-refractivity contribution in [3.63, 3.8) is 0 Å². The maximum absolute atomic E-state index is 5.51. The highest BCUT2D eigenvalue weighted by molar-refractivity contribution is 9.10. The summed E-state index contributed by atoms with van der Waals surface area (Å²) in [5.74, 6) is 1.59. The van der Waals surface area contributed by atoms with Crippen molar-refractivity contribution in [2.45, 2.75) is 6.42 Å². The number of hydrogen-bond donors (Lipinski definition) is 2. The second kappa shape index (κ2) is 5.41. The molecule has 0 radical (unpaired) electrons. The first-order valence-corrected chi connectivity index (χ1v) is 6.13. The van der Waals surface area contributed by atoms with Gasteiger partial charge in [-0.15, -0.1) is 0 Å². The van der Waals surface area contributed by atoms with Crippen molar-refractivity contribution >= 4 is 21.6 Å². The van der Waals surface area contributed by atoms with Crippen LogP contribution in [0.2, 0.25) is 0 Å². The number of hydrogen-bond acceptors (Lipinski definition) is 4. The monoisotopic (exact) mass is 286 g/mol. The van der Waals surface area contributed by atoms with Crippen molar-refractivity contribution in [2.75, 3.05) is 31.6 Å². The second-order valence-corrected chi connectivity index (χ2v) is 4.40. The predicted octanol–water partition coefficient (Wildman–Crippen LogP) is 1.98. The fraction of sp³-hybridized carbons (Fsp3) is 0.455. The van der Waals surface area contributed by atoms with E-state index in [0.29, 0.717) is 19.8 Å². The molecule has 0 aromatic heterocycles. The number of anilines is 1. The van der Waals surface area contributed by atoms with Gasteiger partial charge in [0.25, 0.3) is 0 Å². The van der Waals surface area contributed by atoms with Gasteiger partial charge in [0.2, 0.25) is 0 Å². The molecule has 0 spiro atoms.